The van der Waals surface area contributed by atoms with Gasteiger partial charge in [-0.05, 0) is 18.2 Å². The lowest BCUT2D eigenvalue weighted by Gasteiger charge is -2.22. The van der Waals surface area contributed by atoms with E-state index in [0.29, 0.717) is 0 Å². The topological polar surface area (TPSA) is 43.2 Å². The van der Waals surface area contributed by atoms with Crippen LogP contribution in [0.2, 0.25) is 0 Å². The molecule has 5 nitrogen and oxygen atoms in total. The summed E-state index contributed by atoms with van der Waals surface area (Å²) in [5, 5.41) is 5.57. The number of pyridine rings is 1. The van der Waals surface area contributed by atoms with Crippen molar-refractivity contribution in [2.75, 3.05) is 13.7 Å². The molecule has 118 valence electrons. The summed E-state index contributed by atoms with van der Waals surface area (Å²) in [6, 6.07) is 14.6. The van der Waals surface area contributed by atoms with E-state index in [2.05, 4.69) is 40.3 Å². The van der Waals surface area contributed by atoms with Crippen molar-refractivity contribution >= 4 is 10.9 Å². The Balaban J connectivity index is 1.59. The quantitative estimate of drug-likeness (QED) is 0.745. The maximum atomic E-state index is 5.61. The first kappa shape index (κ1) is 14.4. The molecule has 1 aliphatic heterocycles. The molecule has 4 rings (SSSR count). The van der Waals surface area contributed by atoms with Crippen LogP contribution in [0, 0.1) is 0 Å². The molecule has 1 aliphatic rings. The molecule has 0 saturated carbocycles. The fourth-order valence-electron chi connectivity index (χ4n) is 3.19. The fraction of sp³-hybridized carbons (Fsp3) is 0.333. The maximum Gasteiger partial charge on any atom is 0.0894 e. The molecule has 2 aromatic heterocycles. The Bertz CT molecular complexity index is 813. The molecule has 0 N–H and O–H groups in total. The molecule has 0 aliphatic carbocycles. The highest BCUT2D eigenvalue weighted by Gasteiger charge is 2.22. The zero-order valence-corrected chi connectivity index (χ0v) is 13.2. The average Bonchev–Trinajstić information content (AvgIpc) is 2.93. The summed E-state index contributed by atoms with van der Waals surface area (Å²) >= 11 is 0. The largest absolute Gasteiger partial charge is 0.378 e. The number of ether oxygens (including phenoxy) is 1. The number of rotatable bonds is 3. The third kappa shape index (κ3) is 2.98. The number of aromatic nitrogens is 3. The van der Waals surface area contributed by atoms with Gasteiger partial charge in [0, 0.05) is 38.3 Å². The number of fused-ring (bicyclic) bond motifs is 2. The standard InChI is InChI=1S/C18H20N4O/c1-23-17-12-21(11-16-8-9-19-22(16)13-17)10-15-7-6-14-4-2-3-5-18(14)20-15/h2-9,17H,10-13H2,1H3/t17-/m1/s1. The van der Waals surface area contributed by atoms with E-state index in [-0.39, 0.29) is 6.10 Å². The number of nitrogens with zero attached hydrogens (tertiary/aromatic N) is 4. The minimum absolute atomic E-state index is 0.150. The van der Waals surface area contributed by atoms with Crippen LogP contribution in [0.4, 0.5) is 0 Å². The van der Waals surface area contributed by atoms with Crippen molar-refractivity contribution < 1.29 is 4.74 Å². The number of hydrogen-bond acceptors (Lipinski definition) is 4. The molecule has 0 saturated heterocycles. The predicted octanol–water partition coefficient (Wildman–Crippen LogP) is 2.46. The first-order valence-electron chi connectivity index (χ1n) is 7.92. The van der Waals surface area contributed by atoms with Gasteiger partial charge in [-0.2, -0.15) is 5.10 Å². The monoisotopic (exact) mass is 308 g/mol. The molecule has 0 amide bonds. The molecular formula is C18H20N4O. The number of benzene rings is 1. The lowest BCUT2D eigenvalue weighted by molar-refractivity contribution is 0.0544. The summed E-state index contributed by atoms with van der Waals surface area (Å²) in [5.41, 5.74) is 3.37. The van der Waals surface area contributed by atoms with Gasteiger partial charge in [-0.3, -0.25) is 14.6 Å². The maximum absolute atomic E-state index is 5.61. The molecule has 0 spiro atoms. The van der Waals surface area contributed by atoms with Crippen LogP contribution in [0.5, 0.6) is 0 Å². The Morgan fingerprint density at radius 1 is 1.13 bits per heavy atom. The van der Waals surface area contributed by atoms with Gasteiger partial charge in [0.15, 0.2) is 0 Å². The Labute approximate surface area is 135 Å². The molecule has 5 heteroatoms. The number of methoxy groups -OCH3 is 1. The molecule has 0 unspecified atom stereocenters. The van der Waals surface area contributed by atoms with E-state index in [1.807, 2.05) is 23.0 Å². The molecule has 0 fully saturated rings. The third-order valence-electron chi connectivity index (χ3n) is 4.40. The van der Waals surface area contributed by atoms with Crippen LogP contribution >= 0.6 is 0 Å². The van der Waals surface area contributed by atoms with Crippen molar-refractivity contribution in [3.8, 4) is 0 Å². The summed E-state index contributed by atoms with van der Waals surface area (Å²) in [6.45, 7) is 3.37. The van der Waals surface area contributed by atoms with Crippen LogP contribution < -0.4 is 0 Å². The molecule has 3 aromatic rings. The highest BCUT2D eigenvalue weighted by molar-refractivity contribution is 5.78. The number of hydrogen-bond donors (Lipinski definition) is 0. The molecule has 23 heavy (non-hydrogen) atoms. The summed E-state index contributed by atoms with van der Waals surface area (Å²) < 4.78 is 7.66. The molecule has 0 bridgehead atoms. The molecular weight excluding hydrogens is 288 g/mol. The van der Waals surface area contributed by atoms with Gasteiger partial charge >= 0.3 is 0 Å². The highest BCUT2D eigenvalue weighted by atomic mass is 16.5. The molecule has 0 radical (unpaired) electrons. The van der Waals surface area contributed by atoms with Crippen molar-refractivity contribution in [2.24, 2.45) is 0 Å². The lowest BCUT2D eigenvalue weighted by Crippen LogP contribution is -2.32. The van der Waals surface area contributed by atoms with Gasteiger partial charge in [0.2, 0.25) is 0 Å². The average molecular weight is 308 g/mol. The second-order valence-electron chi connectivity index (χ2n) is 6.03. The summed E-state index contributed by atoms with van der Waals surface area (Å²) in [6.07, 6.45) is 2.01. The summed E-state index contributed by atoms with van der Waals surface area (Å²) in [5.74, 6) is 0. The predicted molar refractivity (Wildman–Crippen MR) is 88.9 cm³/mol. The van der Waals surface area contributed by atoms with Crippen molar-refractivity contribution in [3.63, 3.8) is 0 Å². The molecule has 1 atom stereocenters. The van der Waals surface area contributed by atoms with Gasteiger partial charge in [0.1, 0.15) is 0 Å². The van der Waals surface area contributed by atoms with Gasteiger partial charge in [0.25, 0.3) is 0 Å². The first-order chi connectivity index (χ1) is 11.3. The Hall–Kier alpha value is -2.24. The van der Waals surface area contributed by atoms with Crippen LogP contribution in [0.1, 0.15) is 11.4 Å². The third-order valence-corrected chi connectivity index (χ3v) is 4.40. The zero-order chi connectivity index (χ0) is 15.6. The van der Waals surface area contributed by atoms with Crippen LogP contribution in [0.3, 0.4) is 0 Å². The summed E-state index contributed by atoms with van der Waals surface area (Å²) in [7, 11) is 1.77. The highest BCUT2D eigenvalue weighted by Crippen LogP contribution is 2.17. The zero-order valence-electron chi connectivity index (χ0n) is 13.2. The van der Waals surface area contributed by atoms with E-state index >= 15 is 0 Å². The van der Waals surface area contributed by atoms with Gasteiger partial charge in [-0.1, -0.05) is 24.3 Å². The molecule has 3 heterocycles. The second kappa shape index (κ2) is 6.10. The Morgan fingerprint density at radius 3 is 2.96 bits per heavy atom. The van der Waals surface area contributed by atoms with Crippen LogP contribution in [-0.4, -0.2) is 39.4 Å². The van der Waals surface area contributed by atoms with E-state index in [4.69, 9.17) is 9.72 Å². The van der Waals surface area contributed by atoms with Crippen molar-refractivity contribution in [3.05, 3.63) is 60.0 Å². The van der Waals surface area contributed by atoms with Crippen LogP contribution in [-0.2, 0) is 24.4 Å². The normalized spacial score (nSPS) is 18.7. The van der Waals surface area contributed by atoms with Gasteiger partial charge in [0.05, 0.1) is 29.6 Å². The van der Waals surface area contributed by atoms with Crippen LogP contribution in [0.15, 0.2) is 48.7 Å². The van der Waals surface area contributed by atoms with Crippen molar-refractivity contribution in [1.82, 2.24) is 19.7 Å². The number of para-hydroxylation sites is 1. The smallest absolute Gasteiger partial charge is 0.0894 e. The van der Waals surface area contributed by atoms with E-state index in [9.17, 15) is 0 Å². The van der Waals surface area contributed by atoms with Crippen molar-refractivity contribution in [2.45, 2.75) is 25.7 Å². The van der Waals surface area contributed by atoms with E-state index < -0.39 is 0 Å². The summed E-state index contributed by atoms with van der Waals surface area (Å²) in [4.78, 5) is 7.17. The van der Waals surface area contributed by atoms with E-state index in [1.54, 1.807) is 7.11 Å². The Kier molecular flexibility index (Phi) is 3.81. The minimum Gasteiger partial charge on any atom is -0.378 e. The van der Waals surface area contributed by atoms with Crippen molar-refractivity contribution in [1.29, 1.82) is 0 Å². The van der Waals surface area contributed by atoms with E-state index in [1.165, 1.54) is 11.1 Å². The van der Waals surface area contributed by atoms with Gasteiger partial charge in [-0.15, -0.1) is 0 Å². The second-order valence-corrected chi connectivity index (χ2v) is 6.03. The molecule has 1 aromatic carbocycles. The first-order valence-corrected chi connectivity index (χ1v) is 7.92. The minimum atomic E-state index is 0.150. The Morgan fingerprint density at radius 2 is 2.04 bits per heavy atom. The van der Waals surface area contributed by atoms with Gasteiger partial charge < -0.3 is 4.74 Å². The lowest BCUT2D eigenvalue weighted by atomic mass is 10.2. The van der Waals surface area contributed by atoms with Crippen LogP contribution in [0.25, 0.3) is 10.9 Å². The fourth-order valence-corrected chi connectivity index (χ4v) is 3.19. The van der Waals surface area contributed by atoms with Gasteiger partial charge in [-0.25, -0.2) is 0 Å². The van der Waals surface area contributed by atoms with E-state index in [0.717, 1.165) is 37.4 Å². The SMILES string of the molecule is CO[C@@H]1CN(Cc2ccc3ccccc3n2)Cc2ccnn2C1.